The van der Waals surface area contributed by atoms with E-state index in [4.69, 9.17) is 5.26 Å². The number of rotatable bonds is 3. The van der Waals surface area contributed by atoms with Crippen LogP contribution in [0.15, 0.2) is 18.2 Å². The third kappa shape index (κ3) is 1.59. The van der Waals surface area contributed by atoms with Crippen molar-refractivity contribution in [3.05, 3.63) is 29.3 Å². The topological polar surface area (TPSA) is 29.5 Å². The van der Waals surface area contributed by atoms with Crippen LogP contribution in [0, 0.1) is 0 Å². The Labute approximate surface area is 72.7 Å². The Bertz CT molecular complexity index is 234. The van der Waals surface area contributed by atoms with Gasteiger partial charge in [-0.25, -0.2) is 5.26 Å². The van der Waals surface area contributed by atoms with E-state index in [-0.39, 0.29) is 0 Å². The van der Waals surface area contributed by atoms with E-state index in [1.807, 2.05) is 6.07 Å². The first-order chi connectivity index (χ1) is 5.83. The van der Waals surface area contributed by atoms with Crippen molar-refractivity contribution in [2.75, 3.05) is 0 Å². The lowest BCUT2D eigenvalue weighted by Crippen LogP contribution is -1.95. The summed E-state index contributed by atoms with van der Waals surface area (Å²) in [7, 11) is 0. The predicted molar refractivity (Wildman–Crippen MR) is 48.5 cm³/mol. The smallest absolute Gasteiger partial charge is 0.168 e. The minimum Gasteiger partial charge on any atom is -0.340 e. The molecule has 0 bridgehead atoms. The molecule has 0 amide bonds. The lowest BCUT2D eigenvalue weighted by molar-refractivity contribution is -0.138. The molecule has 1 N–H and O–H groups in total. The van der Waals surface area contributed by atoms with Crippen LogP contribution >= 0.6 is 0 Å². The second-order valence-electron chi connectivity index (χ2n) is 2.69. The summed E-state index contributed by atoms with van der Waals surface area (Å²) in [6.45, 7) is 4.15. The monoisotopic (exact) mass is 166 g/mol. The molecule has 0 spiro atoms. The normalized spacial score (nSPS) is 9.92. The molecule has 0 aliphatic heterocycles. The van der Waals surface area contributed by atoms with Gasteiger partial charge in [-0.05, 0) is 24.5 Å². The van der Waals surface area contributed by atoms with E-state index < -0.39 is 0 Å². The molecular formula is C10H14O2. The Kier molecular flexibility index (Phi) is 3.11. The van der Waals surface area contributed by atoms with Crippen LogP contribution in [0.4, 0.5) is 0 Å². The second kappa shape index (κ2) is 4.12. The van der Waals surface area contributed by atoms with E-state index in [1.165, 1.54) is 5.56 Å². The van der Waals surface area contributed by atoms with Crippen LogP contribution in [0.3, 0.4) is 0 Å². The van der Waals surface area contributed by atoms with Crippen LogP contribution in [0.25, 0.3) is 0 Å². The zero-order chi connectivity index (χ0) is 8.97. The average molecular weight is 166 g/mol. The largest absolute Gasteiger partial charge is 0.340 e. The molecule has 0 aromatic heterocycles. The molecule has 1 rings (SSSR count). The lowest BCUT2D eigenvalue weighted by atomic mass is 10.0. The molecule has 1 aromatic rings. The number of benzene rings is 1. The molecule has 0 fully saturated rings. The maximum absolute atomic E-state index is 8.57. The summed E-state index contributed by atoms with van der Waals surface area (Å²) in [5.74, 6) is 0.580. The van der Waals surface area contributed by atoms with Crippen molar-refractivity contribution < 1.29 is 10.1 Å². The van der Waals surface area contributed by atoms with Gasteiger partial charge in [0.2, 0.25) is 0 Å². The van der Waals surface area contributed by atoms with Crippen LogP contribution in [-0.2, 0) is 12.8 Å². The maximum Gasteiger partial charge on any atom is 0.168 e. The molecule has 0 saturated heterocycles. The van der Waals surface area contributed by atoms with Gasteiger partial charge >= 0.3 is 0 Å². The Morgan fingerprint density at radius 1 is 1.25 bits per heavy atom. The SMILES string of the molecule is CCc1cccc(OO)c1CC. The summed E-state index contributed by atoms with van der Waals surface area (Å²) in [4.78, 5) is 4.28. The lowest BCUT2D eigenvalue weighted by Gasteiger charge is -2.08. The Morgan fingerprint density at radius 2 is 2.00 bits per heavy atom. The fourth-order valence-electron chi connectivity index (χ4n) is 1.43. The van der Waals surface area contributed by atoms with Crippen molar-refractivity contribution in [3.63, 3.8) is 0 Å². The molecule has 0 aliphatic carbocycles. The maximum atomic E-state index is 8.57. The molecule has 0 saturated carbocycles. The van der Waals surface area contributed by atoms with Gasteiger partial charge in [-0.2, -0.15) is 0 Å². The summed E-state index contributed by atoms with van der Waals surface area (Å²) >= 11 is 0. The van der Waals surface area contributed by atoms with Crippen LogP contribution in [-0.4, -0.2) is 5.26 Å². The number of hydrogen-bond donors (Lipinski definition) is 1. The highest BCUT2D eigenvalue weighted by atomic mass is 17.1. The van der Waals surface area contributed by atoms with Crippen LogP contribution in [0.5, 0.6) is 5.75 Å². The molecule has 2 nitrogen and oxygen atoms in total. The van der Waals surface area contributed by atoms with E-state index in [2.05, 4.69) is 24.8 Å². The van der Waals surface area contributed by atoms with Crippen LogP contribution < -0.4 is 4.89 Å². The van der Waals surface area contributed by atoms with Crippen molar-refractivity contribution in [2.24, 2.45) is 0 Å². The summed E-state index contributed by atoms with van der Waals surface area (Å²) in [5, 5.41) is 8.57. The van der Waals surface area contributed by atoms with Gasteiger partial charge in [0.1, 0.15) is 0 Å². The van der Waals surface area contributed by atoms with E-state index in [0.717, 1.165) is 18.4 Å². The highest BCUT2D eigenvalue weighted by Gasteiger charge is 2.05. The van der Waals surface area contributed by atoms with E-state index in [1.54, 1.807) is 6.07 Å². The van der Waals surface area contributed by atoms with Crippen molar-refractivity contribution in [2.45, 2.75) is 26.7 Å². The minimum absolute atomic E-state index is 0.580. The third-order valence-corrected chi connectivity index (χ3v) is 2.06. The summed E-state index contributed by atoms with van der Waals surface area (Å²) in [6.07, 6.45) is 1.86. The van der Waals surface area contributed by atoms with E-state index >= 15 is 0 Å². The third-order valence-electron chi connectivity index (χ3n) is 2.06. The molecule has 0 aliphatic rings. The van der Waals surface area contributed by atoms with Gasteiger partial charge in [0, 0.05) is 5.56 Å². The molecule has 1 aromatic carbocycles. The van der Waals surface area contributed by atoms with Gasteiger partial charge < -0.3 is 4.89 Å². The zero-order valence-corrected chi connectivity index (χ0v) is 7.50. The van der Waals surface area contributed by atoms with E-state index in [9.17, 15) is 0 Å². The van der Waals surface area contributed by atoms with Crippen molar-refractivity contribution >= 4 is 0 Å². The molecule has 0 atom stereocenters. The van der Waals surface area contributed by atoms with Gasteiger partial charge in [-0.3, -0.25) is 0 Å². The fourth-order valence-corrected chi connectivity index (χ4v) is 1.43. The minimum atomic E-state index is 0.580. The molecule has 12 heavy (non-hydrogen) atoms. The summed E-state index contributed by atoms with van der Waals surface area (Å²) < 4.78 is 0. The first-order valence-electron chi connectivity index (χ1n) is 4.25. The average Bonchev–Trinajstić information content (AvgIpc) is 2.16. The number of aryl methyl sites for hydroxylation is 1. The number of hydrogen-bond acceptors (Lipinski definition) is 2. The predicted octanol–water partition coefficient (Wildman–Crippen LogP) is 2.66. The first kappa shape index (κ1) is 9.07. The standard InChI is InChI=1S/C10H14O2/c1-3-8-6-5-7-10(12-11)9(8)4-2/h5-7,11H,3-4H2,1-2H3. The zero-order valence-electron chi connectivity index (χ0n) is 7.50. The Hall–Kier alpha value is -1.02. The van der Waals surface area contributed by atoms with Crippen molar-refractivity contribution in [3.8, 4) is 5.75 Å². The van der Waals surface area contributed by atoms with E-state index in [0.29, 0.717) is 5.75 Å². The second-order valence-corrected chi connectivity index (χ2v) is 2.69. The van der Waals surface area contributed by atoms with Crippen molar-refractivity contribution in [1.29, 1.82) is 0 Å². The Balaban J connectivity index is 3.13. The van der Waals surface area contributed by atoms with Crippen LogP contribution in [0.1, 0.15) is 25.0 Å². The highest BCUT2D eigenvalue weighted by Crippen LogP contribution is 2.22. The van der Waals surface area contributed by atoms with Gasteiger partial charge in [-0.15, -0.1) is 0 Å². The summed E-state index contributed by atoms with van der Waals surface area (Å²) in [5.41, 5.74) is 2.34. The highest BCUT2D eigenvalue weighted by molar-refractivity contribution is 5.39. The fraction of sp³-hybridized carbons (Fsp3) is 0.400. The molecule has 0 radical (unpaired) electrons. The molecule has 0 heterocycles. The van der Waals surface area contributed by atoms with Gasteiger partial charge in [-0.1, -0.05) is 26.0 Å². The molecule has 66 valence electrons. The molecular weight excluding hydrogens is 152 g/mol. The molecule has 0 unspecified atom stereocenters. The van der Waals surface area contributed by atoms with Gasteiger partial charge in [0.05, 0.1) is 0 Å². The quantitative estimate of drug-likeness (QED) is 0.552. The first-order valence-corrected chi connectivity index (χ1v) is 4.25. The van der Waals surface area contributed by atoms with Crippen molar-refractivity contribution in [1.82, 2.24) is 0 Å². The van der Waals surface area contributed by atoms with Crippen LogP contribution in [0.2, 0.25) is 0 Å². The molecule has 2 heteroatoms. The van der Waals surface area contributed by atoms with Gasteiger partial charge in [0.15, 0.2) is 5.75 Å². The summed E-state index contributed by atoms with van der Waals surface area (Å²) in [6, 6.07) is 5.73. The Morgan fingerprint density at radius 3 is 2.50 bits per heavy atom. The van der Waals surface area contributed by atoms with Gasteiger partial charge in [0.25, 0.3) is 0 Å².